The predicted molar refractivity (Wildman–Crippen MR) is 71.2 cm³/mol. The normalized spacial score (nSPS) is 19.2. The minimum atomic E-state index is -0.123. The minimum absolute atomic E-state index is 0.123. The number of nitrogens with one attached hydrogen (secondary N) is 1. The highest BCUT2D eigenvalue weighted by atomic mass is 32.2. The number of carbonyl (C=O) groups excluding carboxylic acids is 1. The average Bonchev–Trinajstić information content (AvgIpc) is 2.78. The van der Waals surface area contributed by atoms with Gasteiger partial charge in [0.15, 0.2) is 0 Å². The Balaban J connectivity index is 1.94. The van der Waals surface area contributed by atoms with Gasteiger partial charge in [0.2, 0.25) is 0 Å². The minimum Gasteiger partial charge on any atom is -0.398 e. The lowest BCUT2D eigenvalue weighted by Crippen LogP contribution is -2.30. The number of aryl methyl sites for hydroxylation is 1. The second-order valence-electron chi connectivity index (χ2n) is 4.26. The molecule has 1 aromatic rings. The summed E-state index contributed by atoms with van der Waals surface area (Å²) in [6.45, 7) is 2.57. The summed E-state index contributed by atoms with van der Waals surface area (Å²) >= 11 is 1.92. The summed E-state index contributed by atoms with van der Waals surface area (Å²) in [6, 6.07) is 1.72. The Morgan fingerprint density at radius 2 is 2.53 bits per heavy atom. The van der Waals surface area contributed by atoms with Crippen LogP contribution in [0.1, 0.15) is 28.9 Å². The summed E-state index contributed by atoms with van der Waals surface area (Å²) in [4.78, 5) is 16.0. The summed E-state index contributed by atoms with van der Waals surface area (Å²) < 4.78 is 0. The average molecular weight is 251 g/mol. The van der Waals surface area contributed by atoms with Crippen LogP contribution in [0.15, 0.2) is 12.3 Å². The Bertz CT molecular complexity index is 416. The van der Waals surface area contributed by atoms with Gasteiger partial charge in [-0.05, 0) is 31.6 Å². The molecule has 5 heteroatoms. The fourth-order valence-electron chi connectivity index (χ4n) is 1.88. The Kier molecular flexibility index (Phi) is 3.89. The molecule has 0 aliphatic carbocycles. The first-order chi connectivity index (χ1) is 8.16. The SMILES string of the molecule is Cc1cc(N)c(C(=O)NCC2CCCS2)cn1. The van der Waals surface area contributed by atoms with Gasteiger partial charge < -0.3 is 11.1 Å². The molecule has 92 valence electrons. The highest BCUT2D eigenvalue weighted by Crippen LogP contribution is 2.25. The molecule has 0 radical (unpaired) electrons. The predicted octanol–water partition coefficient (Wildman–Crippen LogP) is 1.60. The van der Waals surface area contributed by atoms with Crippen molar-refractivity contribution >= 4 is 23.4 Å². The van der Waals surface area contributed by atoms with Crippen LogP contribution in [0.2, 0.25) is 0 Å². The quantitative estimate of drug-likeness (QED) is 0.856. The van der Waals surface area contributed by atoms with E-state index < -0.39 is 0 Å². The molecule has 1 saturated heterocycles. The molecule has 1 aliphatic heterocycles. The zero-order valence-corrected chi connectivity index (χ0v) is 10.7. The van der Waals surface area contributed by atoms with Gasteiger partial charge in [-0.3, -0.25) is 9.78 Å². The van der Waals surface area contributed by atoms with Crippen molar-refractivity contribution in [2.24, 2.45) is 0 Å². The molecule has 2 rings (SSSR count). The van der Waals surface area contributed by atoms with Crippen LogP contribution in [0.4, 0.5) is 5.69 Å². The summed E-state index contributed by atoms with van der Waals surface area (Å²) in [5.41, 5.74) is 7.59. The molecular weight excluding hydrogens is 234 g/mol. The molecule has 3 N–H and O–H groups in total. The van der Waals surface area contributed by atoms with Crippen LogP contribution < -0.4 is 11.1 Å². The highest BCUT2D eigenvalue weighted by Gasteiger charge is 2.17. The van der Waals surface area contributed by atoms with Crippen LogP contribution in [-0.4, -0.2) is 28.4 Å². The molecule has 1 amide bonds. The fraction of sp³-hybridized carbons (Fsp3) is 0.500. The molecule has 1 atom stereocenters. The molecule has 0 aromatic carbocycles. The second kappa shape index (κ2) is 5.40. The summed E-state index contributed by atoms with van der Waals surface area (Å²) in [5.74, 6) is 1.08. The molecule has 1 fully saturated rings. The molecule has 0 bridgehead atoms. The van der Waals surface area contributed by atoms with Crippen molar-refractivity contribution in [2.45, 2.75) is 25.0 Å². The Hall–Kier alpha value is -1.23. The number of nitrogens with two attached hydrogens (primary N) is 1. The Morgan fingerprint density at radius 3 is 3.18 bits per heavy atom. The first kappa shape index (κ1) is 12.2. The van der Waals surface area contributed by atoms with E-state index in [2.05, 4.69) is 10.3 Å². The van der Waals surface area contributed by atoms with Gasteiger partial charge >= 0.3 is 0 Å². The van der Waals surface area contributed by atoms with Crippen molar-refractivity contribution < 1.29 is 4.79 Å². The lowest BCUT2D eigenvalue weighted by Gasteiger charge is -2.11. The van der Waals surface area contributed by atoms with Gasteiger partial charge in [-0.25, -0.2) is 0 Å². The molecule has 2 heterocycles. The van der Waals surface area contributed by atoms with E-state index >= 15 is 0 Å². The van der Waals surface area contributed by atoms with Crippen molar-refractivity contribution in [3.05, 3.63) is 23.5 Å². The standard InChI is InChI=1S/C12H17N3OS/c1-8-5-11(13)10(7-14-8)12(16)15-6-9-3-2-4-17-9/h5,7,9H,2-4,6H2,1H3,(H2,13,14)(H,15,16). The number of anilines is 1. The van der Waals surface area contributed by atoms with Gasteiger partial charge in [0, 0.05) is 29.4 Å². The van der Waals surface area contributed by atoms with E-state index in [9.17, 15) is 4.79 Å². The third-order valence-corrected chi connectivity index (χ3v) is 4.23. The number of hydrogen-bond donors (Lipinski definition) is 2. The number of hydrogen-bond acceptors (Lipinski definition) is 4. The van der Waals surface area contributed by atoms with Crippen molar-refractivity contribution in [1.29, 1.82) is 0 Å². The van der Waals surface area contributed by atoms with Gasteiger partial charge in [0.25, 0.3) is 5.91 Å². The monoisotopic (exact) mass is 251 g/mol. The largest absolute Gasteiger partial charge is 0.398 e. The van der Waals surface area contributed by atoms with Crippen molar-refractivity contribution in [3.8, 4) is 0 Å². The second-order valence-corrected chi connectivity index (χ2v) is 5.67. The zero-order valence-electron chi connectivity index (χ0n) is 9.90. The molecular formula is C12H17N3OS. The van der Waals surface area contributed by atoms with E-state index in [-0.39, 0.29) is 5.91 Å². The molecule has 4 nitrogen and oxygen atoms in total. The number of carbonyl (C=O) groups is 1. The molecule has 1 aromatic heterocycles. The summed E-state index contributed by atoms with van der Waals surface area (Å²) in [7, 11) is 0. The van der Waals surface area contributed by atoms with E-state index in [4.69, 9.17) is 5.73 Å². The molecule has 0 spiro atoms. The van der Waals surface area contributed by atoms with Crippen LogP contribution >= 0.6 is 11.8 Å². The van der Waals surface area contributed by atoms with E-state index in [1.54, 1.807) is 12.3 Å². The number of nitrogen functional groups attached to an aromatic ring is 1. The van der Waals surface area contributed by atoms with Gasteiger partial charge in [-0.15, -0.1) is 0 Å². The maximum absolute atomic E-state index is 11.9. The molecule has 17 heavy (non-hydrogen) atoms. The summed E-state index contributed by atoms with van der Waals surface area (Å²) in [5, 5.41) is 3.48. The Labute approximate surface area is 105 Å². The molecule has 0 saturated carbocycles. The fourth-order valence-corrected chi connectivity index (χ4v) is 3.08. The van der Waals surface area contributed by atoms with Crippen LogP contribution in [0.5, 0.6) is 0 Å². The maximum Gasteiger partial charge on any atom is 0.254 e. The number of nitrogens with zero attached hydrogens (tertiary/aromatic N) is 1. The van der Waals surface area contributed by atoms with E-state index in [1.807, 2.05) is 18.7 Å². The smallest absolute Gasteiger partial charge is 0.254 e. The number of thioether (sulfide) groups is 1. The highest BCUT2D eigenvalue weighted by molar-refractivity contribution is 8.00. The first-order valence-corrected chi connectivity index (χ1v) is 6.83. The van der Waals surface area contributed by atoms with Crippen LogP contribution in [-0.2, 0) is 0 Å². The number of aromatic nitrogens is 1. The number of rotatable bonds is 3. The third kappa shape index (κ3) is 3.12. The zero-order chi connectivity index (χ0) is 12.3. The van der Waals surface area contributed by atoms with Crippen molar-refractivity contribution in [3.63, 3.8) is 0 Å². The van der Waals surface area contributed by atoms with Gasteiger partial charge in [0.05, 0.1) is 5.56 Å². The lowest BCUT2D eigenvalue weighted by molar-refractivity contribution is 0.0954. The maximum atomic E-state index is 11.9. The first-order valence-electron chi connectivity index (χ1n) is 5.79. The summed E-state index contributed by atoms with van der Waals surface area (Å²) in [6.07, 6.45) is 3.98. The lowest BCUT2D eigenvalue weighted by atomic mass is 10.2. The van der Waals surface area contributed by atoms with E-state index in [0.717, 1.165) is 12.2 Å². The Morgan fingerprint density at radius 1 is 1.71 bits per heavy atom. The van der Waals surface area contributed by atoms with E-state index in [0.29, 0.717) is 16.5 Å². The van der Waals surface area contributed by atoms with Gasteiger partial charge in [-0.2, -0.15) is 11.8 Å². The molecule has 1 unspecified atom stereocenters. The third-order valence-electron chi connectivity index (χ3n) is 2.83. The molecule has 1 aliphatic rings. The van der Waals surface area contributed by atoms with Gasteiger partial charge in [0.1, 0.15) is 0 Å². The number of pyridine rings is 1. The number of amides is 1. The topological polar surface area (TPSA) is 68.0 Å². The van der Waals surface area contributed by atoms with Crippen molar-refractivity contribution in [1.82, 2.24) is 10.3 Å². The van der Waals surface area contributed by atoms with Crippen LogP contribution in [0.25, 0.3) is 0 Å². The van der Waals surface area contributed by atoms with Crippen LogP contribution in [0, 0.1) is 6.92 Å². The van der Waals surface area contributed by atoms with E-state index in [1.165, 1.54) is 18.6 Å². The van der Waals surface area contributed by atoms with Crippen molar-refractivity contribution in [2.75, 3.05) is 18.0 Å². The van der Waals surface area contributed by atoms with Gasteiger partial charge in [-0.1, -0.05) is 0 Å². The van der Waals surface area contributed by atoms with Crippen LogP contribution in [0.3, 0.4) is 0 Å².